The number of nitrogens with zero attached hydrogens (tertiary/aromatic N) is 1. The Hall–Kier alpha value is -1.88. The molecule has 2 aliphatic rings. The number of hydrogen-bond acceptors (Lipinski definition) is 3. The molecule has 1 heterocycles. The average molecular weight is 399 g/mol. The van der Waals surface area contributed by atoms with Crippen molar-refractivity contribution in [3.05, 3.63) is 70.2 Å². The molecule has 0 atom stereocenters. The highest BCUT2D eigenvalue weighted by Crippen LogP contribution is 2.44. The van der Waals surface area contributed by atoms with Gasteiger partial charge in [0.05, 0.1) is 18.6 Å². The van der Waals surface area contributed by atoms with E-state index < -0.39 is 0 Å². The summed E-state index contributed by atoms with van der Waals surface area (Å²) in [5.41, 5.74) is 3.11. The van der Waals surface area contributed by atoms with Crippen LogP contribution in [0, 0.1) is 0 Å². The highest BCUT2D eigenvalue weighted by molar-refractivity contribution is 6.30. The summed E-state index contributed by atoms with van der Waals surface area (Å²) < 4.78 is 5.40. The smallest absolute Gasteiger partial charge is 0.230 e. The van der Waals surface area contributed by atoms with Gasteiger partial charge in [0.2, 0.25) is 5.91 Å². The molecule has 1 aliphatic heterocycles. The molecule has 2 fully saturated rings. The van der Waals surface area contributed by atoms with Crippen LogP contribution in [0.4, 0.5) is 0 Å². The van der Waals surface area contributed by atoms with Crippen LogP contribution in [0.1, 0.15) is 36.0 Å². The van der Waals surface area contributed by atoms with E-state index in [1.54, 1.807) is 0 Å². The maximum atomic E-state index is 13.0. The lowest BCUT2D eigenvalue weighted by atomic mass is 9.64. The van der Waals surface area contributed by atoms with Gasteiger partial charge < -0.3 is 10.1 Å². The Balaban J connectivity index is 1.34. The summed E-state index contributed by atoms with van der Waals surface area (Å²) in [5, 5.41) is 3.86. The first-order valence-corrected chi connectivity index (χ1v) is 10.5. The topological polar surface area (TPSA) is 41.6 Å². The van der Waals surface area contributed by atoms with Crippen molar-refractivity contribution in [2.75, 3.05) is 26.3 Å². The molecular formula is C23H27ClN2O2. The molecule has 148 valence electrons. The molecule has 0 aromatic heterocycles. The van der Waals surface area contributed by atoms with Gasteiger partial charge in [0.15, 0.2) is 0 Å². The second kappa shape index (κ2) is 8.64. The Bertz CT molecular complexity index is 794. The molecular weight excluding hydrogens is 372 g/mol. The number of carbonyl (C=O) groups is 1. The van der Waals surface area contributed by atoms with E-state index in [1.165, 1.54) is 5.56 Å². The number of hydrogen-bond donors (Lipinski definition) is 1. The fourth-order valence-corrected chi connectivity index (χ4v) is 4.20. The van der Waals surface area contributed by atoms with Crippen LogP contribution < -0.4 is 5.32 Å². The molecule has 4 rings (SSSR count). The molecule has 0 unspecified atom stereocenters. The summed E-state index contributed by atoms with van der Waals surface area (Å²) in [7, 11) is 0. The molecule has 5 heteroatoms. The molecule has 1 amide bonds. The summed E-state index contributed by atoms with van der Waals surface area (Å²) in [6.45, 7) is 5.13. The number of amides is 1. The molecule has 1 aliphatic carbocycles. The minimum Gasteiger partial charge on any atom is -0.379 e. The van der Waals surface area contributed by atoms with Gasteiger partial charge in [-0.25, -0.2) is 0 Å². The van der Waals surface area contributed by atoms with Crippen LogP contribution in [-0.2, 0) is 28.0 Å². The zero-order chi connectivity index (χ0) is 19.4. The van der Waals surface area contributed by atoms with Crippen molar-refractivity contribution in [1.82, 2.24) is 10.2 Å². The molecule has 4 nitrogen and oxygen atoms in total. The monoisotopic (exact) mass is 398 g/mol. The zero-order valence-electron chi connectivity index (χ0n) is 16.1. The SMILES string of the molecule is O=C(NCc1ccc(CN2CCOCC2)cc1)C1(c2ccc(Cl)cc2)CCC1. The van der Waals surface area contributed by atoms with Crippen molar-refractivity contribution in [3.8, 4) is 0 Å². The van der Waals surface area contributed by atoms with E-state index in [9.17, 15) is 4.79 Å². The van der Waals surface area contributed by atoms with Crippen LogP contribution in [0.3, 0.4) is 0 Å². The van der Waals surface area contributed by atoms with Gasteiger partial charge in [-0.2, -0.15) is 0 Å². The van der Waals surface area contributed by atoms with Crippen molar-refractivity contribution < 1.29 is 9.53 Å². The molecule has 0 radical (unpaired) electrons. The van der Waals surface area contributed by atoms with Gasteiger partial charge in [0.25, 0.3) is 0 Å². The van der Waals surface area contributed by atoms with E-state index in [1.807, 2.05) is 24.3 Å². The maximum absolute atomic E-state index is 13.0. The number of ether oxygens (including phenoxy) is 1. The van der Waals surface area contributed by atoms with Crippen molar-refractivity contribution in [1.29, 1.82) is 0 Å². The summed E-state index contributed by atoms with van der Waals surface area (Å²) >= 11 is 6.01. The second-order valence-electron chi connectivity index (χ2n) is 7.83. The fourth-order valence-electron chi connectivity index (χ4n) is 4.08. The third kappa shape index (κ3) is 4.24. The van der Waals surface area contributed by atoms with Crippen molar-refractivity contribution in [2.45, 2.75) is 37.8 Å². The lowest BCUT2D eigenvalue weighted by Gasteiger charge is -2.40. The quantitative estimate of drug-likeness (QED) is 0.802. The van der Waals surface area contributed by atoms with Gasteiger partial charge in [-0.3, -0.25) is 9.69 Å². The summed E-state index contributed by atoms with van der Waals surface area (Å²) in [6, 6.07) is 16.3. The molecule has 1 saturated carbocycles. The Morgan fingerprint density at radius 1 is 1.00 bits per heavy atom. The van der Waals surface area contributed by atoms with E-state index in [-0.39, 0.29) is 11.3 Å². The molecule has 2 aromatic carbocycles. The van der Waals surface area contributed by atoms with Crippen LogP contribution in [0.2, 0.25) is 5.02 Å². The summed E-state index contributed by atoms with van der Waals surface area (Å²) in [4.78, 5) is 15.4. The van der Waals surface area contributed by atoms with Gasteiger partial charge in [0.1, 0.15) is 0 Å². The van der Waals surface area contributed by atoms with Gasteiger partial charge in [-0.05, 0) is 41.7 Å². The predicted molar refractivity (Wildman–Crippen MR) is 111 cm³/mol. The Labute approximate surface area is 171 Å². The Kier molecular flexibility index (Phi) is 6.00. The number of rotatable bonds is 6. The average Bonchev–Trinajstić information content (AvgIpc) is 2.69. The fraction of sp³-hybridized carbons (Fsp3) is 0.435. The van der Waals surface area contributed by atoms with E-state index >= 15 is 0 Å². The highest BCUT2D eigenvalue weighted by atomic mass is 35.5. The van der Waals surface area contributed by atoms with Crippen molar-refractivity contribution >= 4 is 17.5 Å². The molecule has 1 saturated heterocycles. The largest absolute Gasteiger partial charge is 0.379 e. The minimum atomic E-state index is -0.388. The summed E-state index contributed by atoms with van der Waals surface area (Å²) in [5.74, 6) is 0.124. The van der Waals surface area contributed by atoms with Gasteiger partial charge >= 0.3 is 0 Å². The number of halogens is 1. The van der Waals surface area contributed by atoms with E-state index in [0.717, 1.165) is 63.2 Å². The third-order valence-corrected chi connectivity index (χ3v) is 6.28. The first kappa shape index (κ1) is 19.4. The predicted octanol–water partition coefficient (Wildman–Crippen LogP) is 3.91. The number of carbonyl (C=O) groups excluding carboxylic acids is 1. The Morgan fingerprint density at radius 3 is 2.25 bits per heavy atom. The molecule has 0 spiro atoms. The van der Waals surface area contributed by atoms with E-state index in [0.29, 0.717) is 11.6 Å². The van der Waals surface area contributed by atoms with Crippen molar-refractivity contribution in [3.63, 3.8) is 0 Å². The minimum absolute atomic E-state index is 0.124. The lowest BCUT2D eigenvalue weighted by Crippen LogP contribution is -2.48. The normalized spacial score (nSPS) is 19.0. The maximum Gasteiger partial charge on any atom is 0.230 e. The van der Waals surface area contributed by atoms with E-state index in [2.05, 4.69) is 34.5 Å². The molecule has 0 bridgehead atoms. The first-order chi connectivity index (χ1) is 13.7. The second-order valence-corrected chi connectivity index (χ2v) is 8.27. The molecule has 28 heavy (non-hydrogen) atoms. The standard InChI is InChI=1S/C23H27ClN2O2/c24-21-8-6-20(7-9-21)23(10-1-11-23)22(27)25-16-18-2-4-19(5-3-18)17-26-12-14-28-15-13-26/h2-9H,1,10-17H2,(H,25,27). The van der Waals surface area contributed by atoms with Gasteiger partial charge in [0, 0.05) is 31.2 Å². The third-order valence-electron chi connectivity index (χ3n) is 6.02. The van der Waals surface area contributed by atoms with Crippen LogP contribution >= 0.6 is 11.6 Å². The zero-order valence-corrected chi connectivity index (χ0v) is 16.9. The number of benzene rings is 2. The number of nitrogens with one attached hydrogen (secondary N) is 1. The van der Waals surface area contributed by atoms with Crippen molar-refractivity contribution in [2.24, 2.45) is 0 Å². The highest BCUT2D eigenvalue weighted by Gasteiger charge is 2.45. The van der Waals surface area contributed by atoms with Crippen LogP contribution in [0.5, 0.6) is 0 Å². The van der Waals surface area contributed by atoms with E-state index in [4.69, 9.17) is 16.3 Å². The van der Waals surface area contributed by atoms with Gasteiger partial charge in [-0.1, -0.05) is 54.4 Å². The molecule has 2 aromatic rings. The summed E-state index contributed by atoms with van der Waals surface area (Å²) in [6.07, 6.45) is 2.89. The Morgan fingerprint density at radius 2 is 1.64 bits per heavy atom. The van der Waals surface area contributed by atoms with Crippen LogP contribution in [0.15, 0.2) is 48.5 Å². The first-order valence-electron chi connectivity index (χ1n) is 10.1. The van der Waals surface area contributed by atoms with Gasteiger partial charge in [-0.15, -0.1) is 0 Å². The lowest BCUT2D eigenvalue weighted by molar-refractivity contribution is -0.130. The molecule has 1 N–H and O–H groups in total. The van der Waals surface area contributed by atoms with Crippen LogP contribution in [0.25, 0.3) is 0 Å². The number of morpholine rings is 1. The van der Waals surface area contributed by atoms with Crippen LogP contribution in [-0.4, -0.2) is 37.1 Å².